The number of thiophene rings is 1. The Morgan fingerprint density at radius 2 is 2.00 bits per heavy atom. The fourth-order valence-corrected chi connectivity index (χ4v) is 5.25. The first kappa shape index (κ1) is 13.6. The Hall–Kier alpha value is -0.340. The zero-order chi connectivity index (χ0) is 13.2. The van der Waals surface area contributed by atoms with Crippen LogP contribution < -0.4 is 5.73 Å². The first-order valence-corrected chi connectivity index (χ1v) is 8.92. The molecule has 1 aromatic rings. The molecule has 106 valence electrons. The molecule has 0 amide bonds. The summed E-state index contributed by atoms with van der Waals surface area (Å²) in [6.07, 6.45) is 12.2. The number of rotatable bonds is 2. The van der Waals surface area contributed by atoms with E-state index in [1.54, 1.807) is 10.4 Å². The number of hydrogen-bond donors (Lipinski definition) is 1. The number of hydrogen-bond acceptors (Lipinski definition) is 2. The highest BCUT2D eigenvalue weighted by atomic mass is 32.1. The molecular weight excluding hydrogens is 250 g/mol. The van der Waals surface area contributed by atoms with Gasteiger partial charge in [-0.1, -0.05) is 26.2 Å². The van der Waals surface area contributed by atoms with Crippen LogP contribution in [0.15, 0.2) is 6.07 Å². The van der Waals surface area contributed by atoms with Gasteiger partial charge in [-0.05, 0) is 62.0 Å². The Labute approximate surface area is 121 Å². The zero-order valence-corrected chi connectivity index (χ0v) is 13.0. The molecule has 0 saturated heterocycles. The second-order valence-electron chi connectivity index (χ2n) is 6.72. The summed E-state index contributed by atoms with van der Waals surface area (Å²) >= 11 is 2.03. The van der Waals surface area contributed by atoms with Crippen LogP contribution in [0.1, 0.15) is 73.2 Å². The third-order valence-electron chi connectivity index (χ3n) is 5.08. The lowest BCUT2D eigenvalue weighted by Crippen LogP contribution is -2.25. The van der Waals surface area contributed by atoms with Crippen molar-refractivity contribution in [1.82, 2.24) is 0 Å². The summed E-state index contributed by atoms with van der Waals surface area (Å²) in [6, 6.07) is 2.76. The lowest BCUT2D eigenvalue weighted by Gasteiger charge is -2.30. The Bertz CT molecular complexity index is 399. The number of aryl methyl sites for hydroxylation is 2. The molecule has 2 aliphatic carbocycles. The highest BCUT2D eigenvalue weighted by Crippen LogP contribution is 2.39. The van der Waals surface area contributed by atoms with Crippen LogP contribution in [0.5, 0.6) is 0 Å². The normalized spacial score (nSPS) is 29.6. The van der Waals surface area contributed by atoms with Crippen LogP contribution in [-0.4, -0.2) is 0 Å². The minimum Gasteiger partial charge on any atom is -0.323 e. The van der Waals surface area contributed by atoms with Crippen molar-refractivity contribution in [3.05, 3.63) is 21.4 Å². The Kier molecular flexibility index (Phi) is 4.28. The lowest BCUT2D eigenvalue weighted by atomic mass is 9.78. The molecule has 0 aliphatic heterocycles. The van der Waals surface area contributed by atoms with E-state index in [2.05, 4.69) is 13.0 Å². The molecule has 0 aromatic carbocycles. The van der Waals surface area contributed by atoms with Gasteiger partial charge in [0.1, 0.15) is 0 Å². The van der Waals surface area contributed by atoms with Crippen molar-refractivity contribution in [2.75, 3.05) is 0 Å². The van der Waals surface area contributed by atoms with Crippen molar-refractivity contribution in [3.63, 3.8) is 0 Å². The predicted octanol–water partition coefficient (Wildman–Crippen LogP) is 4.84. The van der Waals surface area contributed by atoms with Gasteiger partial charge in [-0.3, -0.25) is 0 Å². The van der Waals surface area contributed by atoms with Gasteiger partial charge in [0.05, 0.1) is 0 Å². The highest BCUT2D eigenvalue weighted by molar-refractivity contribution is 7.12. The Morgan fingerprint density at radius 3 is 2.84 bits per heavy atom. The second-order valence-corrected chi connectivity index (χ2v) is 7.88. The smallest absolute Gasteiger partial charge is 0.0418 e. The Balaban J connectivity index is 1.74. The van der Waals surface area contributed by atoms with Crippen LogP contribution in [0.2, 0.25) is 0 Å². The average molecular weight is 277 g/mol. The van der Waals surface area contributed by atoms with E-state index in [-0.39, 0.29) is 0 Å². The summed E-state index contributed by atoms with van der Waals surface area (Å²) in [6.45, 7) is 2.39. The summed E-state index contributed by atoms with van der Waals surface area (Å²) in [4.78, 5) is 3.12. The van der Waals surface area contributed by atoms with Gasteiger partial charge in [-0.25, -0.2) is 0 Å². The van der Waals surface area contributed by atoms with E-state index in [0.717, 1.165) is 11.8 Å². The van der Waals surface area contributed by atoms with E-state index in [1.807, 2.05) is 11.3 Å². The predicted molar refractivity (Wildman–Crippen MR) is 83.6 cm³/mol. The van der Waals surface area contributed by atoms with E-state index in [1.165, 1.54) is 62.7 Å². The molecule has 1 saturated carbocycles. The molecule has 1 heterocycles. The van der Waals surface area contributed by atoms with Gasteiger partial charge in [0, 0.05) is 15.8 Å². The molecule has 0 spiro atoms. The molecule has 0 radical (unpaired) electrons. The molecule has 0 bridgehead atoms. The maximum Gasteiger partial charge on any atom is 0.0418 e. The van der Waals surface area contributed by atoms with Gasteiger partial charge in [0.2, 0.25) is 0 Å². The third kappa shape index (κ3) is 3.05. The van der Waals surface area contributed by atoms with Crippen LogP contribution in [0.4, 0.5) is 0 Å². The van der Waals surface area contributed by atoms with E-state index in [0.29, 0.717) is 6.04 Å². The van der Waals surface area contributed by atoms with E-state index in [4.69, 9.17) is 5.73 Å². The van der Waals surface area contributed by atoms with Gasteiger partial charge in [0.15, 0.2) is 0 Å². The highest BCUT2D eigenvalue weighted by Gasteiger charge is 2.27. The molecule has 19 heavy (non-hydrogen) atoms. The minimum absolute atomic E-state index is 0.305. The molecule has 3 atom stereocenters. The molecule has 2 aliphatic rings. The van der Waals surface area contributed by atoms with Crippen LogP contribution in [0.3, 0.4) is 0 Å². The fourth-order valence-electron chi connectivity index (χ4n) is 3.89. The van der Waals surface area contributed by atoms with Crippen LogP contribution >= 0.6 is 11.3 Å². The molecule has 1 aromatic heterocycles. The van der Waals surface area contributed by atoms with Crippen molar-refractivity contribution in [1.29, 1.82) is 0 Å². The second kappa shape index (κ2) is 5.97. The SMILES string of the molecule is CC1CCCC(C(N)c2cc3c(s2)CCCCC3)C1. The standard InChI is InChI=1S/C17H27NS/c1-12-6-5-8-14(10-12)17(18)16-11-13-7-3-2-4-9-15(13)19-16/h11-12,14,17H,2-10,18H2,1H3. The Morgan fingerprint density at radius 1 is 1.16 bits per heavy atom. The van der Waals surface area contributed by atoms with Gasteiger partial charge < -0.3 is 5.73 Å². The molecule has 2 N–H and O–H groups in total. The van der Waals surface area contributed by atoms with Gasteiger partial charge in [-0.2, -0.15) is 0 Å². The molecule has 1 fully saturated rings. The molecule has 2 heteroatoms. The molecular formula is C17H27NS. The van der Waals surface area contributed by atoms with Crippen LogP contribution in [0.25, 0.3) is 0 Å². The maximum atomic E-state index is 6.59. The summed E-state index contributed by atoms with van der Waals surface area (Å²) in [5, 5.41) is 0. The number of nitrogens with two attached hydrogens (primary N) is 1. The summed E-state index contributed by atoms with van der Waals surface area (Å²) < 4.78 is 0. The summed E-state index contributed by atoms with van der Waals surface area (Å²) in [5.41, 5.74) is 8.22. The summed E-state index contributed by atoms with van der Waals surface area (Å²) in [5.74, 6) is 1.61. The fraction of sp³-hybridized carbons (Fsp3) is 0.765. The van der Waals surface area contributed by atoms with Crippen molar-refractivity contribution < 1.29 is 0 Å². The van der Waals surface area contributed by atoms with E-state index in [9.17, 15) is 0 Å². The van der Waals surface area contributed by atoms with Gasteiger partial charge >= 0.3 is 0 Å². The number of fused-ring (bicyclic) bond motifs is 1. The van der Waals surface area contributed by atoms with Gasteiger partial charge in [-0.15, -0.1) is 11.3 Å². The molecule has 1 nitrogen and oxygen atoms in total. The van der Waals surface area contributed by atoms with Crippen molar-refractivity contribution in [2.45, 2.75) is 70.8 Å². The quantitative estimate of drug-likeness (QED) is 0.769. The van der Waals surface area contributed by atoms with E-state index < -0.39 is 0 Å². The van der Waals surface area contributed by atoms with Crippen LogP contribution in [0, 0.1) is 11.8 Å². The zero-order valence-electron chi connectivity index (χ0n) is 12.2. The van der Waals surface area contributed by atoms with Crippen LogP contribution in [-0.2, 0) is 12.8 Å². The van der Waals surface area contributed by atoms with Crippen molar-refractivity contribution in [3.8, 4) is 0 Å². The maximum absolute atomic E-state index is 6.59. The molecule has 3 rings (SSSR count). The van der Waals surface area contributed by atoms with E-state index >= 15 is 0 Å². The lowest BCUT2D eigenvalue weighted by molar-refractivity contribution is 0.249. The van der Waals surface area contributed by atoms with Crippen molar-refractivity contribution in [2.24, 2.45) is 17.6 Å². The summed E-state index contributed by atoms with van der Waals surface area (Å²) in [7, 11) is 0. The first-order chi connectivity index (χ1) is 9.24. The monoisotopic (exact) mass is 277 g/mol. The third-order valence-corrected chi connectivity index (χ3v) is 6.42. The first-order valence-electron chi connectivity index (χ1n) is 8.11. The van der Waals surface area contributed by atoms with Gasteiger partial charge in [0.25, 0.3) is 0 Å². The van der Waals surface area contributed by atoms with Crippen molar-refractivity contribution >= 4 is 11.3 Å². The average Bonchev–Trinajstić information content (AvgIpc) is 2.69. The molecule has 3 unspecified atom stereocenters. The minimum atomic E-state index is 0.305. The topological polar surface area (TPSA) is 26.0 Å². The largest absolute Gasteiger partial charge is 0.323 e.